The van der Waals surface area contributed by atoms with E-state index in [-0.39, 0.29) is 17.9 Å². The Labute approximate surface area is 101 Å². The molecule has 0 saturated carbocycles. The van der Waals surface area contributed by atoms with Crippen LogP contribution < -0.4 is 10.6 Å². The van der Waals surface area contributed by atoms with Gasteiger partial charge in [0.1, 0.15) is 5.54 Å². The Morgan fingerprint density at radius 3 is 2.59 bits per heavy atom. The van der Waals surface area contributed by atoms with Crippen molar-refractivity contribution in [2.45, 2.75) is 57.2 Å². The molecule has 0 aromatic carbocycles. The fourth-order valence-corrected chi connectivity index (χ4v) is 2.77. The highest BCUT2D eigenvalue weighted by Crippen LogP contribution is 2.33. The Kier molecular flexibility index (Phi) is 3.12. The van der Waals surface area contributed by atoms with Crippen molar-refractivity contribution in [3.05, 3.63) is 0 Å². The zero-order valence-corrected chi connectivity index (χ0v) is 10.3. The van der Waals surface area contributed by atoms with E-state index in [1.165, 1.54) is 0 Å². The van der Waals surface area contributed by atoms with Gasteiger partial charge in [0.2, 0.25) is 5.91 Å². The number of rotatable bonds is 4. The van der Waals surface area contributed by atoms with Crippen molar-refractivity contribution in [3.8, 4) is 0 Å². The Morgan fingerprint density at radius 1 is 1.47 bits per heavy atom. The maximum atomic E-state index is 12.1. The maximum Gasteiger partial charge on any atom is 0.329 e. The minimum absolute atomic E-state index is 0.0565. The molecule has 2 heterocycles. The van der Waals surface area contributed by atoms with E-state index in [4.69, 9.17) is 5.11 Å². The largest absolute Gasteiger partial charge is 0.480 e. The summed E-state index contributed by atoms with van der Waals surface area (Å²) in [4.78, 5) is 23.2. The summed E-state index contributed by atoms with van der Waals surface area (Å²) in [6.45, 7) is 3.33. The van der Waals surface area contributed by atoms with Gasteiger partial charge in [-0.05, 0) is 32.6 Å². The third kappa shape index (κ3) is 2.16. The maximum absolute atomic E-state index is 12.1. The monoisotopic (exact) mass is 240 g/mol. The molecule has 2 bridgehead atoms. The summed E-state index contributed by atoms with van der Waals surface area (Å²) in [6.07, 6.45) is 3.40. The average Bonchev–Trinajstić information content (AvgIpc) is 2.90. The van der Waals surface area contributed by atoms with E-state index in [1.54, 1.807) is 13.8 Å². The van der Waals surface area contributed by atoms with Gasteiger partial charge in [-0.1, -0.05) is 6.92 Å². The van der Waals surface area contributed by atoms with Crippen LogP contribution in [-0.2, 0) is 9.59 Å². The van der Waals surface area contributed by atoms with Crippen molar-refractivity contribution in [2.24, 2.45) is 5.92 Å². The highest BCUT2D eigenvalue weighted by molar-refractivity contribution is 5.88. The van der Waals surface area contributed by atoms with E-state index in [2.05, 4.69) is 10.6 Å². The van der Waals surface area contributed by atoms with Gasteiger partial charge in [-0.15, -0.1) is 0 Å². The van der Waals surface area contributed by atoms with E-state index in [0.717, 1.165) is 19.3 Å². The Bertz CT molecular complexity index is 345. The Hall–Kier alpha value is -1.10. The second kappa shape index (κ2) is 4.29. The summed E-state index contributed by atoms with van der Waals surface area (Å²) >= 11 is 0. The van der Waals surface area contributed by atoms with Crippen molar-refractivity contribution < 1.29 is 14.7 Å². The lowest BCUT2D eigenvalue weighted by Crippen LogP contribution is -2.54. The first-order valence-corrected chi connectivity index (χ1v) is 6.27. The molecule has 1 amide bonds. The van der Waals surface area contributed by atoms with Crippen LogP contribution in [0.4, 0.5) is 0 Å². The van der Waals surface area contributed by atoms with Gasteiger partial charge < -0.3 is 15.7 Å². The van der Waals surface area contributed by atoms with Crippen LogP contribution in [0.25, 0.3) is 0 Å². The summed E-state index contributed by atoms with van der Waals surface area (Å²) in [5, 5.41) is 15.2. The van der Waals surface area contributed by atoms with Crippen molar-refractivity contribution in [1.82, 2.24) is 10.6 Å². The molecule has 17 heavy (non-hydrogen) atoms. The van der Waals surface area contributed by atoms with E-state index in [1.807, 2.05) is 0 Å². The van der Waals surface area contributed by atoms with Crippen LogP contribution in [0.3, 0.4) is 0 Å². The predicted octanol–water partition coefficient (Wildman–Crippen LogP) is 0.496. The highest BCUT2D eigenvalue weighted by atomic mass is 16.4. The van der Waals surface area contributed by atoms with Gasteiger partial charge in [0.15, 0.2) is 0 Å². The molecule has 0 spiro atoms. The number of carboxylic acids is 1. The minimum atomic E-state index is -1.14. The SMILES string of the molecule is CCC(C)(NC(=O)C1CC2CCC1N2)C(=O)O. The molecule has 0 aliphatic carbocycles. The number of carbonyl (C=O) groups excluding carboxylic acids is 1. The third-order valence-electron chi connectivity index (χ3n) is 4.22. The second-order valence-corrected chi connectivity index (χ2v) is 5.37. The Morgan fingerprint density at radius 2 is 2.18 bits per heavy atom. The summed E-state index contributed by atoms with van der Waals surface area (Å²) < 4.78 is 0. The van der Waals surface area contributed by atoms with Crippen LogP contribution in [0.15, 0.2) is 0 Å². The molecule has 5 heteroatoms. The number of fused-ring (bicyclic) bond motifs is 2. The lowest BCUT2D eigenvalue weighted by molar-refractivity contribution is -0.147. The summed E-state index contributed by atoms with van der Waals surface area (Å²) in [7, 11) is 0. The fourth-order valence-electron chi connectivity index (χ4n) is 2.77. The minimum Gasteiger partial charge on any atom is -0.480 e. The molecule has 0 radical (unpaired) electrons. The number of carbonyl (C=O) groups is 2. The van der Waals surface area contributed by atoms with Gasteiger partial charge in [0.25, 0.3) is 0 Å². The smallest absolute Gasteiger partial charge is 0.329 e. The molecule has 96 valence electrons. The summed E-state index contributed by atoms with van der Waals surface area (Å²) in [5.41, 5.74) is -1.14. The summed E-state index contributed by atoms with van der Waals surface area (Å²) in [5.74, 6) is -1.14. The quantitative estimate of drug-likeness (QED) is 0.668. The van der Waals surface area contributed by atoms with Gasteiger partial charge in [-0.2, -0.15) is 0 Å². The number of hydrogen-bond acceptors (Lipinski definition) is 3. The molecule has 2 fully saturated rings. The van der Waals surface area contributed by atoms with E-state index in [0.29, 0.717) is 12.5 Å². The second-order valence-electron chi connectivity index (χ2n) is 5.37. The number of nitrogens with one attached hydrogen (secondary N) is 2. The van der Waals surface area contributed by atoms with Gasteiger partial charge in [0, 0.05) is 12.1 Å². The molecule has 2 aliphatic rings. The lowest BCUT2D eigenvalue weighted by Gasteiger charge is -2.28. The zero-order valence-electron chi connectivity index (χ0n) is 10.3. The molecule has 0 aromatic heterocycles. The van der Waals surface area contributed by atoms with E-state index >= 15 is 0 Å². The van der Waals surface area contributed by atoms with Crippen LogP contribution in [0.5, 0.6) is 0 Å². The molecular weight excluding hydrogens is 220 g/mol. The number of hydrogen-bond donors (Lipinski definition) is 3. The van der Waals surface area contributed by atoms with Gasteiger partial charge >= 0.3 is 5.97 Å². The molecule has 4 atom stereocenters. The number of carboxylic acid groups (broad SMARTS) is 1. The lowest BCUT2D eigenvalue weighted by atomic mass is 9.87. The molecule has 2 saturated heterocycles. The molecular formula is C12H20N2O3. The van der Waals surface area contributed by atoms with Crippen molar-refractivity contribution in [3.63, 3.8) is 0 Å². The van der Waals surface area contributed by atoms with Crippen molar-refractivity contribution >= 4 is 11.9 Å². The topological polar surface area (TPSA) is 78.4 Å². The highest BCUT2D eigenvalue weighted by Gasteiger charge is 2.45. The molecule has 3 N–H and O–H groups in total. The number of aliphatic carboxylic acids is 1. The fraction of sp³-hybridized carbons (Fsp3) is 0.833. The molecule has 0 aromatic rings. The van der Waals surface area contributed by atoms with Crippen LogP contribution in [0, 0.1) is 5.92 Å². The molecule has 5 nitrogen and oxygen atoms in total. The van der Waals surface area contributed by atoms with Crippen LogP contribution in [-0.4, -0.2) is 34.6 Å². The normalized spacial score (nSPS) is 34.4. The Balaban J connectivity index is 1.99. The first-order valence-electron chi connectivity index (χ1n) is 6.27. The van der Waals surface area contributed by atoms with Crippen LogP contribution in [0.2, 0.25) is 0 Å². The molecule has 2 rings (SSSR count). The van der Waals surface area contributed by atoms with E-state index < -0.39 is 11.5 Å². The summed E-state index contributed by atoms with van der Waals surface area (Å²) in [6, 6.07) is 0.698. The first kappa shape index (κ1) is 12.4. The van der Waals surface area contributed by atoms with E-state index in [9.17, 15) is 9.59 Å². The first-order chi connectivity index (χ1) is 7.96. The van der Waals surface area contributed by atoms with Crippen LogP contribution in [0.1, 0.15) is 39.5 Å². The molecule has 4 unspecified atom stereocenters. The van der Waals surface area contributed by atoms with Crippen molar-refractivity contribution in [1.29, 1.82) is 0 Å². The van der Waals surface area contributed by atoms with Crippen LogP contribution >= 0.6 is 0 Å². The molecule has 2 aliphatic heterocycles. The van der Waals surface area contributed by atoms with Crippen molar-refractivity contribution in [2.75, 3.05) is 0 Å². The standard InChI is InChI=1S/C12H20N2O3/c1-3-12(2,11(16)17)14-10(15)8-6-7-4-5-9(8)13-7/h7-9,13H,3-6H2,1-2H3,(H,14,15)(H,16,17). The third-order valence-corrected chi connectivity index (χ3v) is 4.22. The predicted molar refractivity (Wildman–Crippen MR) is 62.5 cm³/mol. The van der Waals surface area contributed by atoms with Gasteiger partial charge in [-0.25, -0.2) is 4.79 Å². The van der Waals surface area contributed by atoms with Gasteiger partial charge in [0.05, 0.1) is 5.92 Å². The zero-order chi connectivity index (χ0) is 12.6. The number of amides is 1. The average molecular weight is 240 g/mol. The van der Waals surface area contributed by atoms with Gasteiger partial charge in [-0.3, -0.25) is 4.79 Å².